The van der Waals surface area contributed by atoms with E-state index in [1.165, 1.54) is 12.7 Å². The molecule has 1 N–H and O–H groups in total. The molecule has 0 radical (unpaired) electrons. The molecular weight excluding hydrogens is 330 g/mol. The molecule has 1 aromatic heterocycles. The molecular formula is C20H25N3O3. The second-order valence-corrected chi connectivity index (χ2v) is 6.85. The quantitative estimate of drug-likeness (QED) is 0.886. The smallest absolute Gasteiger partial charge is 0.272 e. The summed E-state index contributed by atoms with van der Waals surface area (Å²) in [5.74, 6) is 0.284. The molecule has 1 unspecified atom stereocenters. The highest BCUT2D eigenvalue weighted by molar-refractivity contribution is 5.92. The van der Waals surface area contributed by atoms with Crippen LogP contribution in [0.15, 0.2) is 48.5 Å². The SMILES string of the molecule is COc1cccc(C(=O)N2CCN(Cc3ccccc3)C(C)(CO)C2)n1. The number of aromatic nitrogens is 1. The molecule has 0 saturated carbocycles. The highest BCUT2D eigenvalue weighted by atomic mass is 16.5. The molecule has 0 spiro atoms. The summed E-state index contributed by atoms with van der Waals surface area (Å²) in [5.41, 5.74) is 1.06. The van der Waals surface area contributed by atoms with Gasteiger partial charge in [0.2, 0.25) is 5.88 Å². The van der Waals surface area contributed by atoms with E-state index in [1.807, 2.05) is 25.1 Å². The predicted molar refractivity (Wildman–Crippen MR) is 99.0 cm³/mol. The molecule has 1 atom stereocenters. The predicted octanol–water partition coefficient (Wildman–Crippen LogP) is 1.80. The first-order valence-corrected chi connectivity index (χ1v) is 8.76. The van der Waals surface area contributed by atoms with E-state index >= 15 is 0 Å². The van der Waals surface area contributed by atoms with Gasteiger partial charge in [0.1, 0.15) is 5.69 Å². The van der Waals surface area contributed by atoms with Crippen molar-refractivity contribution in [3.05, 3.63) is 59.8 Å². The molecule has 2 aromatic rings. The molecule has 1 aliphatic heterocycles. The summed E-state index contributed by atoms with van der Waals surface area (Å²) in [5, 5.41) is 10.0. The third kappa shape index (κ3) is 3.86. The molecule has 2 heterocycles. The van der Waals surface area contributed by atoms with Crippen molar-refractivity contribution in [2.75, 3.05) is 33.4 Å². The van der Waals surface area contributed by atoms with Crippen LogP contribution in [0.1, 0.15) is 23.0 Å². The molecule has 1 aliphatic rings. The molecule has 6 heteroatoms. The Hall–Kier alpha value is -2.44. The zero-order valence-electron chi connectivity index (χ0n) is 15.3. The zero-order chi connectivity index (χ0) is 18.6. The third-order valence-electron chi connectivity index (χ3n) is 4.93. The van der Waals surface area contributed by atoms with E-state index in [1.54, 1.807) is 23.1 Å². The summed E-state index contributed by atoms with van der Waals surface area (Å²) in [6.45, 7) is 4.47. The van der Waals surface area contributed by atoms with Crippen molar-refractivity contribution in [1.82, 2.24) is 14.8 Å². The van der Waals surface area contributed by atoms with Crippen LogP contribution in [0.5, 0.6) is 5.88 Å². The number of ether oxygens (including phenoxy) is 1. The van der Waals surface area contributed by atoms with Crippen LogP contribution in [0.3, 0.4) is 0 Å². The zero-order valence-corrected chi connectivity index (χ0v) is 15.3. The van der Waals surface area contributed by atoms with Gasteiger partial charge in [0, 0.05) is 32.2 Å². The summed E-state index contributed by atoms with van der Waals surface area (Å²) in [4.78, 5) is 21.1. The van der Waals surface area contributed by atoms with Crippen molar-refractivity contribution in [2.45, 2.75) is 19.0 Å². The number of piperazine rings is 1. The van der Waals surface area contributed by atoms with Gasteiger partial charge in [-0.05, 0) is 18.6 Å². The van der Waals surface area contributed by atoms with Crippen LogP contribution in [-0.2, 0) is 6.54 Å². The van der Waals surface area contributed by atoms with Crippen molar-refractivity contribution < 1.29 is 14.6 Å². The van der Waals surface area contributed by atoms with Gasteiger partial charge in [-0.3, -0.25) is 9.69 Å². The number of rotatable bonds is 5. The van der Waals surface area contributed by atoms with E-state index in [9.17, 15) is 9.90 Å². The molecule has 0 aliphatic carbocycles. The van der Waals surface area contributed by atoms with Gasteiger partial charge in [-0.2, -0.15) is 0 Å². The normalized spacial score (nSPS) is 20.8. The van der Waals surface area contributed by atoms with Gasteiger partial charge >= 0.3 is 0 Å². The van der Waals surface area contributed by atoms with Crippen molar-refractivity contribution in [3.8, 4) is 5.88 Å². The standard InChI is InChI=1S/C20H25N3O3/c1-20(15-24)14-22(19(25)17-9-6-10-18(21-17)26-2)11-12-23(20)13-16-7-4-3-5-8-16/h3-10,24H,11-15H2,1-2H3. The minimum Gasteiger partial charge on any atom is -0.481 e. The lowest BCUT2D eigenvalue weighted by Gasteiger charge is -2.48. The van der Waals surface area contributed by atoms with E-state index in [0.29, 0.717) is 31.2 Å². The Labute approximate surface area is 154 Å². The number of aliphatic hydroxyl groups is 1. The number of aliphatic hydroxyl groups excluding tert-OH is 1. The van der Waals surface area contributed by atoms with Crippen LogP contribution in [0.2, 0.25) is 0 Å². The number of carbonyl (C=O) groups excluding carboxylic acids is 1. The molecule has 1 amide bonds. The highest BCUT2D eigenvalue weighted by Crippen LogP contribution is 2.24. The molecule has 3 rings (SSSR count). The number of methoxy groups -OCH3 is 1. The number of hydrogen-bond acceptors (Lipinski definition) is 5. The maximum atomic E-state index is 12.8. The van der Waals surface area contributed by atoms with Crippen LogP contribution >= 0.6 is 0 Å². The number of pyridine rings is 1. The lowest BCUT2D eigenvalue weighted by Crippen LogP contribution is -2.63. The average Bonchev–Trinajstić information content (AvgIpc) is 2.70. The Kier molecular flexibility index (Phi) is 5.54. The Balaban J connectivity index is 1.74. The monoisotopic (exact) mass is 355 g/mol. The average molecular weight is 355 g/mol. The summed E-state index contributed by atoms with van der Waals surface area (Å²) in [6.07, 6.45) is 0. The van der Waals surface area contributed by atoms with Crippen LogP contribution in [0.25, 0.3) is 0 Å². The first-order chi connectivity index (χ1) is 12.6. The van der Waals surface area contributed by atoms with Crippen molar-refractivity contribution in [3.63, 3.8) is 0 Å². The number of hydrogen-bond donors (Lipinski definition) is 1. The molecule has 26 heavy (non-hydrogen) atoms. The van der Waals surface area contributed by atoms with Crippen LogP contribution in [0, 0.1) is 0 Å². The molecule has 138 valence electrons. The topological polar surface area (TPSA) is 65.9 Å². The second-order valence-electron chi connectivity index (χ2n) is 6.85. The lowest BCUT2D eigenvalue weighted by molar-refractivity contribution is -0.0247. The fourth-order valence-electron chi connectivity index (χ4n) is 3.31. The first kappa shape index (κ1) is 18.4. The number of amides is 1. The summed E-state index contributed by atoms with van der Waals surface area (Å²) < 4.78 is 5.11. The first-order valence-electron chi connectivity index (χ1n) is 8.76. The van der Waals surface area contributed by atoms with Gasteiger partial charge < -0.3 is 14.7 Å². The molecule has 1 saturated heterocycles. The summed E-state index contributed by atoms with van der Waals surface area (Å²) in [7, 11) is 1.53. The Morgan fingerprint density at radius 3 is 2.65 bits per heavy atom. The van der Waals surface area contributed by atoms with Gasteiger partial charge in [0.15, 0.2) is 0 Å². The van der Waals surface area contributed by atoms with Crippen LogP contribution in [0.4, 0.5) is 0 Å². The van der Waals surface area contributed by atoms with Gasteiger partial charge in [0.25, 0.3) is 5.91 Å². The van der Waals surface area contributed by atoms with Crippen molar-refractivity contribution in [2.24, 2.45) is 0 Å². The Morgan fingerprint density at radius 1 is 1.19 bits per heavy atom. The van der Waals surface area contributed by atoms with Gasteiger partial charge in [0.05, 0.1) is 19.3 Å². The fraction of sp³-hybridized carbons (Fsp3) is 0.400. The van der Waals surface area contributed by atoms with Crippen molar-refractivity contribution >= 4 is 5.91 Å². The minimum atomic E-state index is -0.497. The largest absolute Gasteiger partial charge is 0.481 e. The van der Waals surface area contributed by atoms with Crippen molar-refractivity contribution in [1.29, 1.82) is 0 Å². The van der Waals surface area contributed by atoms with E-state index in [0.717, 1.165) is 6.54 Å². The highest BCUT2D eigenvalue weighted by Gasteiger charge is 2.39. The molecule has 1 fully saturated rings. The van der Waals surface area contributed by atoms with E-state index < -0.39 is 5.54 Å². The Morgan fingerprint density at radius 2 is 1.96 bits per heavy atom. The molecule has 0 bridgehead atoms. The Bertz CT molecular complexity index is 753. The third-order valence-corrected chi connectivity index (χ3v) is 4.93. The molecule has 1 aromatic carbocycles. The number of nitrogens with zero attached hydrogens (tertiary/aromatic N) is 3. The summed E-state index contributed by atoms with van der Waals surface area (Å²) >= 11 is 0. The maximum absolute atomic E-state index is 12.8. The van der Waals surface area contributed by atoms with E-state index in [-0.39, 0.29) is 12.5 Å². The van der Waals surface area contributed by atoms with Gasteiger partial charge in [-0.15, -0.1) is 0 Å². The number of carbonyl (C=O) groups is 1. The van der Waals surface area contributed by atoms with E-state index in [4.69, 9.17) is 4.74 Å². The van der Waals surface area contributed by atoms with Gasteiger partial charge in [-0.25, -0.2) is 4.98 Å². The van der Waals surface area contributed by atoms with Crippen LogP contribution in [-0.4, -0.2) is 64.7 Å². The van der Waals surface area contributed by atoms with E-state index in [2.05, 4.69) is 22.0 Å². The fourth-order valence-corrected chi connectivity index (χ4v) is 3.31. The minimum absolute atomic E-state index is 0.0187. The number of benzene rings is 1. The van der Waals surface area contributed by atoms with Crippen LogP contribution < -0.4 is 4.74 Å². The van der Waals surface area contributed by atoms with Gasteiger partial charge in [-0.1, -0.05) is 36.4 Å². The lowest BCUT2D eigenvalue weighted by atomic mass is 9.96. The molecule has 6 nitrogen and oxygen atoms in total. The maximum Gasteiger partial charge on any atom is 0.272 e. The second kappa shape index (κ2) is 7.85. The summed E-state index contributed by atoms with van der Waals surface area (Å²) in [6, 6.07) is 15.3.